The summed E-state index contributed by atoms with van der Waals surface area (Å²) >= 11 is 0. The van der Waals surface area contributed by atoms with Crippen LogP contribution in [0.2, 0.25) is 0 Å². The zero-order valence-corrected chi connectivity index (χ0v) is 16.9. The number of carbonyl (C=O) groups excluding carboxylic acids is 1. The smallest absolute Gasteiger partial charge is 0.314 e. The van der Waals surface area contributed by atoms with Crippen molar-refractivity contribution in [1.82, 2.24) is 15.5 Å². The molecule has 0 radical (unpaired) electrons. The van der Waals surface area contributed by atoms with E-state index >= 15 is 0 Å². The van der Waals surface area contributed by atoms with Crippen molar-refractivity contribution in [2.75, 3.05) is 44.2 Å². The topological polar surface area (TPSA) is 60.8 Å². The van der Waals surface area contributed by atoms with E-state index in [0.717, 1.165) is 37.9 Å². The Bertz CT molecular complexity index is 840. The summed E-state index contributed by atoms with van der Waals surface area (Å²) in [6.45, 7) is 4.52. The molecule has 2 amide bonds. The number of hydrogen-bond acceptors (Lipinski definition) is 4. The van der Waals surface area contributed by atoms with E-state index in [4.69, 9.17) is 4.42 Å². The molecule has 2 aliphatic heterocycles. The Morgan fingerprint density at radius 3 is 2.70 bits per heavy atom. The Labute approximate surface area is 175 Å². The number of nitrogens with one attached hydrogen (secondary N) is 2. The van der Waals surface area contributed by atoms with Gasteiger partial charge in [-0.15, -0.1) is 0 Å². The number of amides is 2. The number of urea groups is 1. The highest BCUT2D eigenvalue weighted by Gasteiger charge is 2.27. The standard InChI is InChI=1S/C22H28F2N4O2/c23-18-6-5-17(12-19(18)24)28-10-7-16(15-28)13-25-22(29)26-14-20(21-4-3-11-30-21)27-8-1-2-9-27/h3-6,11-12,16,20H,1-2,7-10,13-15H2,(H2,25,26,29). The Balaban J connectivity index is 1.23. The largest absolute Gasteiger partial charge is 0.468 e. The molecule has 2 fully saturated rings. The molecule has 2 atom stereocenters. The Morgan fingerprint density at radius 1 is 1.13 bits per heavy atom. The zero-order chi connectivity index (χ0) is 20.9. The van der Waals surface area contributed by atoms with Crippen LogP contribution in [0.15, 0.2) is 41.0 Å². The van der Waals surface area contributed by atoms with Crippen molar-refractivity contribution in [3.8, 4) is 0 Å². The average Bonchev–Trinajstić information content (AvgIpc) is 3.51. The van der Waals surface area contributed by atoms with Crippen molar-refractivity contribution in [3.63, 3.8) is 0 Å². The molecule has 1 aromatic carbocycles. The monoisotopic (exact) mass is 418 g/mol. The summed E-state index contributed by atoms with van der Waals surface area (Å²) in [6, 6.07) is 7.64. The summed E-state index contributed by atoms with van der Waals surface area (Å²) < 4.78 is 32.2. The first kappa shape index (κ1) is 20.7. The minimum Gasteiger partial charge on any atom is -0.468 e. The molecule has 2 saturated heterocycles. The molecule has 2 aromatic rings. The van der Waals surface area contributed by atoms with Gasteiger partial charge < -0.3 is 20.0 Å². The second kappa shape index (κ2) is 9.47. The van der Waals surface area contributed by atoms with Crippen LogP contribution in [0.25, 0.3) is 0 Å². The van der Waals surface area contributed by atoms with Crippen LogP contribution in [0, 0.1) is 17.6 Å². The van der Waals surface area contributed by atoms with Gasteiger partial charge >= 0.3 is 6.03 Å². The molecule has 8 heteroatoms. The van der Waals surface area contributed by atoms with Crippen molar-refractivity contribution < 1.29 is 18.0 Å². The fraction of sp³-hybridized carbons (Fsp3) is 0.500. The number of nitrogens with zero attached hydrogens (tertiary/aromatic N) is 2. The Hall–Kier alpha value is -2.61. The summed E-state index contributed by atoms with van der Waals surface area (Å²) in [6.07, 6.45) is 4.89. The molecule has 0 saturated carbocycles. The SMILES string of the molecule is O=C(NCC1CCN(c2ccc(F)c(F)c2)C1)NCC(c1ccco1)N1CCCC1. The van der Waals surface area contributed by atoms with E-state index in [1.54, 1.807) is 12.3 Å². The highest BCUT2D eigenvalue weighted by atomic mass is 19.2. The first-order chi connectivity index (χ1) is 14.6. The Morgan fingerprint density at radius 2 is 1.97 bits per heavy atom. The van der Waals surface area contributed by atoms with Crippen molar-refractivity contribution in [1.29, 1.82) is 0 Å². The number of anilines is 1. The van der Waals surface area contributed by atoms with Crippen LogP contribution in [0.5, 0.6) is 0 Å². The highest BCUT2D eigenvalue weighted by molar-refractivity contribution is 5.73. The quantitative estimate of drug-likeness (QED) is 0.722. The van der Waals surface area contributed by atoms with Crippen molar-refractivity contribution in [2.45, 2.75) is 25.3 Å². The van der Waals surface area contributed by atoms with Gasteiger partial charge in [-0.3, -0.25) is 4.90 Å². The highest BCUT2D eigenvalue weighted by Crippen LogP contribution is 2.26. The van der Waals surface area contributed by atoms with Gasteiger partial charge in [0, 0.05) is 37.9 Å². The summed E-state index contributed by atoms with van der Waals surface area (Å²) in [4.78, 5) is 16.7. The van der Waals surface area contributed by atoms with Crippen molar-refractivity contribution in [2.24, 2.45) is 5.92 Å². The van der Waals surface area contributed by atoms with Gasteiger partial charge in [0.2, 0.25) is 0 Å². The van der Waals surface area contributed by atoms with E-state index in [-0.39, 0.29) is 18.0 Å². The summed E-state index contributed by atoms with van der Waals surface area (Å²) in [7, 11) is 0. The number of furan rings is 1. The molecule has 0 bridgehead atoms. The van der Waals surface area contributed by atoms with Gasteiger partial charge in [0.15, 0.2) is 11.6 Å². The molecule has 1 aromatic heterocycles. The van der Waals surface area contributed by atoms with Crippen molar-refractivity contribution in [3.05, 3.63) is 54.0 Å². The lowest BCUT2D eigenvalue weighted by Crippen LogP contribution is -2.43. The lowest BCUT2D eigenvalue weighted by atomic mass is 10.1. The second-order valence-electron chi connectivity index (χ2n) is 8.06. The molecule has 30 heavy (non-hydrogen) atoms. The third-order valence-corrected chi connectivity index (χ3v) is 6.01. The van der Waals surface area contributed by atoms with E-state index in [1.807, 2.05) is 17.0 Å². The molecular formula is C22H28F2N4O2. The molecule has 0 spiro atoms. The molecule has 4 rings (SSSR count). The fourth-order valence-corrected chi connectivity index (χ4v) is 4.35. The van der Waals surface area contributed by atoms with Crippen LogP contribution in [-0.4, -0.2) is 50.2 Å². The lowest BCUT2D eigenvalue weighted by molar-refractivity contribution is 0.203. The first-order valence-electron chi connectivity index (χ1n) is 10.6. The van der Waals surface area contributed by atoms with Gasteiger partial charge in [-0.05, 0) is 62.5 Å². The van der Waals surface area contributed by atoms with Gasteiger partial charge in [-0.2, -0.15) is 0 Å². The fourth-order valence-electron chi connectivity index (χ4n) is 4.35. The molecule has 2 aliphatic rings. The van der Waals surface area contributed by atoms with Crippen LogP contribution < -0.4 is 15.5 Å². The predicted octanol–water partition coefficient (Wildman–Crippen LogP) is 3.52. The van der Waals surface area contributed by atoms with E-state index in [9.17, 15) is 13.6 Å². The third kappa shape index (κ3) is 4.92. The van der Waals surface area contributed by atoms with Crippen molar-refractivity contribution >= 4 is 11.7 Å². The summed E-state index contributed by atoms with van der Waals surface area (Å²) in [5.74, 6) is -0.536. The maximum absolute atomic E-state index is 13.5. The maximum Gasteiger partial charge on any atom is 0.314 e. The lowest BCUT2D eigenvalue weighted by Gasteiger charge is -2.26. The first-order valence-corrected chi connectivity index (χ1v) is 10.6. The van der Waals surface area contributed by atoms with E-state index < -0.39 is 11.6 Å². The number of hydrogen-bond donors (Lipinski definition) is 2. The van der Waals surface area contributed by atoms with E-state index in [2.05, 4.69) is 15.5 Å². The number of halogens is 2. The normalized spacial score (nSPS) is 20.5. The van der Waals surface area contributed by atoms with Gasteiger partial charge in [-0.25, -0.2) is 13.6 Å². The van der Waals surface area contributed by atoms with Gasteiger partial charge in [-0.1, -0.05) is 0 Å². The van der Waals surface area contributed by atoms with Crippen LogP contribution in [0.3, 0.4) is 0 Å². The molecule has 2 N–H and O–H groups in total. The van der Waals surface area contributed by atoms with Crippen LogP contribution in [0.4, 0.5) is 19.3 Å². The number of likely N-dealkylation sites (tertiary alicyclic amines) is 1. The van der Waals surface area contributed by atoms with Gasteiger partial charge in [0.1, 0.15) is 5.76 Å². The molecule has 162 valence electrons. The predicted molar refractivity (Wildman–Crippen MR) is 110 cm³/mol. The zero-order valence-electron chi connectivity index (χ0n) is 16.9. The minimum absolute atomic E-state index is 0.0450. The van der Waals surface area contributed by atoms with E-state index in [0.29, 0.717) is 25.3 Å². The molecule has 6 nitrogen and oxygen atoms in total. The van der Waals surface area contributed by atoms with Gasteiger partial charge in [0.05, 0.1) is 12.3 Å². The second-order valence-corrected chi connectivity index (χ2v) is 8.06. The van der Waals surface area contributed by atoms with Crippen LogP contribution in [0.1, 0.15) is 31.1 Å². The molecular weight excluding hydrogens is 390 g/mol. The third-order valence-electron chi connectivity index (χ3n) is 6.01. The maximum atomic E-state index is 13.5. The number of rotatable bonds is 7. The van der Waals surface area contributed by atoms with Crippen LogP contribution in [-0.2, 0) is 0 Å². The summed E-state index contributed by atoms with van der Waals surface area (Å²) in [5.41, 5.74) is 0.674. The average molecular weight is 418 g/mol. The summed E-state index contributed by atoms with van der Waals surface area (Å²) in [5, 5.41) is 5.92. The molecule has 0 aliphatic carbocycles. The van der Waals surface area contributed by atoms with E-state index in [1.165, 1.54) is 18.9 Å². The number of benzene rings is 1. The van der Waals surface area contributed by atoms with Gasteiger partial charge in [0.25, 0.3) is 0 Å². The minimum atomic E-state index is -0.838. The van der Waals surface area contributed by atoms with Crippen LogP contribution >= 0.6 is 0 Å². The molecule has 3 heterocycles. The molecule has 2 unspecified atom stereocenters. The number of carbonyl (C=O) groups is 1. The Kier molecular flexibility index (Phi) is 6.52.